The number of benzene rings is 8. The van der Waals surface area contributed by atoms with Gasteiger partial charge in [0, 0.05) is 43.9 Å². The van der Waals surface area contributed by atoms with Gasteiger partial charge in [-0.3, -0.25) is 0 Å². The fourth-order valence-electron chi connectivity index (χ4n) is 5.96. The fraction of sp³-hybridized carbons (Fsp3) is 0. The highest BCUT2D eigenvalue weighted by Gasteiger charge is 2.17. The van der Waals surface area contributed by atoms with Gasteiger partial charge in [-0.25, -0.2) is 15.0 Å². The van der Waals surface area contributed by atoms with Crippen molar-refractivity contribution in [3.63, 3.8) is 0 Å². The molecular weight excluding hydrogens is 685 g/mol. The highest BCUT2D eigenvalue weighted by Crippen LogP contribution is 2.39. The van der Waals surface area contributed by atoms with Crippen LogP contribution in [0.3, 0.4) is 0 Å². The van der Waals surface area contributed by atoms with Crippen molar-refractivity contribution in [2.45, 2.75) is 0 Å². The zero-order valence-electron chi connectivity index (χ0n) is 59.7. The quantitative estimate of drug-likeness (QED) is 0.170. The van der Waals surface area contributed by atoms with E-state index in [2.05, 4.69) is 15.0 Å². The number of nitrogens with zero attached hydrogens (tertiary/aromatic N) is 4. The maximum Gasteiger partial charge on any atom is 0.164 e. The molecule has 0 spiro atoms. The van der Waals surface area contributed by atoms with E-state index in [1.165, 1.54) is 0 Å². The summed E-state index contributed by atoms with van der Waals surface area (Å²) in [4.78, 5) is 12.9. The van der Waals surface area contributed by atoms with Crippen LogP contribution in [0.4, 0.5) is 0 Å². The molecule has 262 valence electrons. The largest absolute Gasteiger partial charge is 0.456 e. The van der Waals surface area contributed by atoms with Crippen LogP contribution in [0.1, 0.15) is 43.9 Å². The molecule has 11 aromatic rings. The average molecular weight is 749 g/mol. The molecule has 8 aromatic carbocycles. The Morgan fingerprint density at radius 3 is 1.61 bits per heavy atom. The van der Waals surface area contributed by atoms with Gasteiger partial charge in [-0.2, -0.15) is 0 Å². The molecule has 5 nitrogen and oxygen atoms in total. The third-order valence-electron chi connectivity index (χ3n) is 8.37. The fourth-order valence-corrected chi connectivity index (χ4v) is 5.96. The first-order valence-corrected chi connectivity index (χ1v) is 16.2. The van der Waals surface area contributed by atoms with Gasteiger partial charge in [-0.05, 0) is 64.6 Å². The van der Waals surface area contributed by atoms with E-state index >= 15 is 0 Å². The molecule has 3 aromatic heterocycles. The topological polar surface area (TPSA) is 56.7 Å². The van der Waals surface area contributed by atoms with Gasteiger partial charge in [-0.15, -0.1) is 0 Å². The first-order chi connectivity index (χ1) is 41.1. The van der Waals surface area contributed by atoms with Gasteiger partial charge >= 0.3 is 0 Å². The summed E-state index contributed by atoms with van der Waals surface area (Å²) in [6.07, 6.45) is 0. The summed E-state index contributed by atoms with van der Waals surface area (Å²) >= 11 is 0. The minimum atomic E-state index is -1.15. The van der Waals surface area contributed by atoms with Crippen LogP contribution in [0.2, 0.25) is 0 Å². The zero-order valence-corrected chi connectivity index (χ0v) is 27.7. The Balaban J connectivity index is 1.22. The molecule has 0 radical (unpaired) electrons. The molecule has 0 aliphatic carbocycles. The summed E-state index contributed by atoms with van der Waals surface area (Å²) < 4.78 is 291. The SMILES string of the molecule is [2H]c1c([2H])c([2H])c(-c2nc(-c3c([2H])c([2H])c(-c4c([2H])c([2H])c([2H])c(-n5c6c([2H])c([2H])c([2H])c([2H])c6c6c([2H])c([2H])c([2H])c([2H])c65)c4[2H])c([2H])c3[2H])nc(-c3c([2H])c([2H])c4c(oc5c([2H])c([2H])c([2H])c(-c6c([2H])c([2H])c([2H])c([2H])c6[2H])c54)c3[2H])n2)c([2H])c1[2H]. The maximum atomic E-state index is 9.64. The normalized spacial score (nSPS) is 19.6. The second kappa shape index (κ2) is 13.0. The third kappa shape index (κ3) is 5.37. The first kappa shape index (κ1) is 13.3. The predicted molar refractivity (Wildman–Crippen MR) is 229 cm³/mol. The number of aromatic nitrogens is 4. The second-order valence-electron chi connectivity index (χ2n) is 11.6. The van der Waals surface area contributed by atoms with Gasteiger partial charge in [0.2, 0.25) is 0 Å². The average Bonchev–Trinajstić information content (AvgIpc) is 1.50. The number of furan rings is 1. The van der Waals surface area contributed by atoms with E-state index in [9.17, 15) is 11.0 Å². The van der Waals surface area contributed by atoms with Crippen molar-refractivity contribution in [2.24, 2.45) is 0 Å². The van der Waals surface area contributed by atoms with Crippen molar-refractivity contribution in [2.75, 3.05) is 0 Å². The van der Waals surface area contributed by atoms with Gasteiger partial charge in [0.15, 0.2) is 17.5 Å². The Morgan fingerprint density at radius 1 is 0.375 bits per heavy atom. The molecular formula is C51H32N4O. The Kier molecular flexibility index (Phi) is 3.10. The lowest BCUT2D eigenvalue weighted by Gasteiger charge is -2.11. The standard InChI is InChI=1S/C51H32N4O/c1-3-13-34(14-4-1)40-21-12-24-46-48(40)43-30-29-38(32-47(43)56-46)51-53-49(35-15-5-2-6-16-35)52-50(54-51)36-27-25-33(26-28-36)37-17-11-18-39(31-37)55-44-22-9-7-19-41(44)42-20-8-10-23-45(42)55/h1-32H/i1D,2D,3D,4D,5D,6D,7D,8D,9D,10D,11D,12D,13D,14D,15D,16D,17D,18D,19D,20D,21D,22D,23D,24D,25D,26D,27D,28D,29D,30D,31D,32D. The summed E-state index contributed by atoms with van der Waals surface area (Å²) in [7, 11) is 0. The van der Waals surface area contributed by atoms with Gasteiger partial charge in [-0.1, -0.05) is 151 Å². The Bertz CT molecular complexity index is 4970. The highest BCUT2D eigenvalue weighted by atomic mass is 16.3. The number of hydrogen-bond acceptors (Lipinski definition) is 4. The van der Waals surface area contributed by atoms with Gasteiger partial charge < -0.3 is 8.98 Å². The van der Waals surface area contributed by atoms with Gasteiger partial charge in [0.05, 0.1) is 54.9 Å². The predicted octanol–water partition coefficient (Wildman–Crippen LogP) is 13.2. The lowest BCUT2D eigenvalue weighted by molar-refractivity contribution is 0.669. The summed E-state index contributed by atoms with van der Waals surface area (Å²) in [5.74, 6) is -2.79. The molecule has 0 N–H and O–H groups in total. The van der Waals surface area contributed by atoms with Crippen molar-refractivity contribution in [1.82, 2.24) is 19.5 Å². The molecule has 0 aliphatic heterocycles. The van der Waals surface area contributed by atoms with Crippen molar-refractivity contribution in [3.8, 4) is 62.1 Å². The van der Waals surface area contributed by atoms with E-state index in [-0.39, 0.29) is 0 Å². The molecule has 0 aliphatic rings. The van der Waals surface area contributed by atoms with Gasteiger partial charge in [0.1, 0.15) is 11.2 Å². The van der Waals surface area contributed by atoms with Crippen LogP contribution in [-0.2, 0) is 0 Å². The van der Waals surface area contributed by atoms with Crippen LogP contribution in [0.25, 0.3) is 106 Å². The number of rotatable bonds is 6. The minimum absolute atomic E-state index is 0.497. The van der Waals surface area contributed by atoms with Crippen LogP contribution in [0.5, 0.6) is 0 Å². The molecule has 0 amide bonds. The first-order valence-electron chi connectivity index (χ1n) is 32.2. The summed E-state index contributed by atoms with van der Waals surface area (Å²) in [5, 5.41) is -2.05. The van der Waals surface area contributed by atoms with E-state index in [0.29, 0.717) is 4.57 Å². The van der Waals surface area contributed by atoms with Crippen molar-refractivity contribution < 1.29 is 48.3 Å². The Morgan fingerprint density at radius 2 is 0.911 bits per heavy atom. The summed E-state index contributed by atoms with van der Waals surface area (Å²) in [6, 6.07) is -30.2. The van der Waals surface area contributed by atoms with Crippen molar-refractivity contribution >= 4 is 43.7 Å². The Labute approximate surface area is 367 Å². The van der Waals surface area contributed by atoms with Crippen LogP contribution in [0.15, 0.2) is 198 Å². The molecule has 0 fully saturated rings. The molecule has 0 atom stereocenters. The molecule has 5 heteroatoms. The summed E-state index contributed by atoms with van der Waals surface area (Å²) in [5.41, 5.74) is -9.13. The third-order valence-corrected chi connectivity index (χ3v) is 8.37. The van der Waals surface area contributed by atoms with Crippen LogP contribution < -0.4 is 0 Å². The van der Waals surface area contributed by atoms with Crippen LogP contribution in [-0.4, -0.2) is 19.5 Å². The van der Waals surface area contributed by atoms with E-state index in [0.717, 1.165) is 0 Å². The molecule has 11 rings (SSSR count). The number of para-hydroxylation sites is 2. The molecule has 3 heterocycles. The highest BCUT2D eigenvalue weighted by molar-refractivity contribution is 6.13. The van der Waals surface area contributed by atoms with E-state index in [1.54, 1.807) is 0 Å². The van der Waals surface area contributed by atoms with E-state index in [1.807, 2.05) is 0 Å². The lowest BCUT2D eigenvalue weighted by Crippen LogP contribution is -2.00. The second-order valence-corrected chi connectivity index (χ2v) is 11.6. The minimum Gasteiger partial charge on any atom is -0.456 e. The number of hydrogen-bond donors (Lipinski definition) is 0. The molecule has 0 unspecified atom stereocenters. The molecule has 0 saturated heterocycles. The van der Waals surface area contributed by atoms with Crippen LogP contribution in [0, 0.1) is 0 Å². The zero-order chi connectivity index (χ0) is 64.9. The van der Waals surface area contributed by atoms with Crippen LogP contribution >= 0.6 is 0 Å². The Hall–Kier alpha value is -7.63. The smallest absolute Gasteiger partial charge is 0.164 e. The summed E-state index contributed by atoms with van der Waals surface area (Å²) in [6.45, 7) is 0. The van der Waals surface area contributed by atoms with Crippen molar-refractivity contribution in [3.05, 3.63) is 193 Å². The molecule has 0 bridgehead atoms. The van der Waals surface area contributed by atoms with E-state index in [4.69, 9.17) is 37.3 Å². The monoisotopic (exact) mass is 748 g/mol. The lowest BCUT2D eigenvalue weighted by atomic mass is 9.99. The number of fused-ring (bicyclic) bond motifs is 6. The van der Waals surface area contributed by atoms with E-state index < -0.39 is 299 Å². The maximum absolute atomic E-state index is 9.64. The van der Waals surface area contributed by atoms with Crippen molar-refractivity contribution in [1.29, 1.82) is 0 Å². The molecule has 56 heavy (non-hydrogen) atoms. The molecule has 0 saturated carbocycles. The van der Waals surface area contributed by atoms with Gasteiger partial charge in [0.25, 0.3) is 0 Å².